The quantitative estimate of drug-likeness (QED) is 0.901. The summed E-state index contributed by atoms with van der Waals surface area (Å²) in [4.78, 5) is 26.7. The Morgan fingerprint density at radius 1 is 1.14 bits per heavy atom. The number of halogens is 1. The van der Waals surface area contributed by atoms with Crippen molar-refractivity contribution in [2.45, 2.75) is 19.3 Å². The van der Waals surface area contributed by atoms with E-state index in [4.69, 9.17) is 5.11 Å². The fourth-order valence-corrected chi connectivity index (χ4v) is 2.66. The van der Waals surface area contributed by atoms with Crippen LogP contribution in [0.5, 0.6) is 0 Å². The topological polar surface area (TPSA) is 60.9 Å². The fourth-order valence-electron chi connectivity index (χ4n) is 2.66. The normalized spacial score (nSPS) is 16.3. The molecule has 0 aliphatic carbocycles. The van der Waals surface area contributed by atoms with Gasteiger partial charge in [0, 0.05) is 26.1 Å². The third-order valence-electron chi connectivity index (χ3n) is 3.84. The zero-order valence-corrected chi connectivity index (χ0v) is 12.5. The van der Waals surface area contributed by atoms with Crippen molar-refractivity contribution in [3.8, 4) is 0 Å². The molecule has 0 spiro atoms. The standard InChI is InChI=1S/C16H21FN2O3/c17-14-6-2-1-5-13(14)16(22)19-10-4-9-18(11-12-19)8-3-7-15(20)21/h1-2,5-6H,3-4,7-12H2,(H,20,21). The van der Waals surface area contributed by atoms with Crippen molar-refractivity contribution in [2.75, 3.05) is 32.7 Å². The highest BCUT2D eigenvalue weighted by molar-refractivity contribution is 5.94. The monoisotopic (exact) mass is 308 g/mol. The van der Waals surface area contributed by atoms with Crippen molar-refractivity contribution in [2.24, 2.45) is 0 Å². The molecule has 1 heterocycles. The van der Waals surface area contributed by atoms with Gasteiger partial charge in [-0.3, -0.25) is 9.59 Å². The number of benzene rings is 1. The van der Waals surface area contributed by atoms with Gasteiger partial charge in [0.1, 0.15) is 5.82 Å². The minimum atomic E-state index is -0.786. The van der Waals surface area contributed by atoms with Crippen LogP contribution < -0.4 is 0 Å². The zero-order valence-electron chi connectivity index (χ0n) is 12.5. The number of hydrogen-bond acceptors (Lipinski definition) is 3. The van der Waals surface area contributed by atoms with Crippen LogP contribution >= 0.6 is 0 Å². The van der Waals surface area contributed by atoms with Gasteiger partial charge in [-0.05, 0) is 38.1 Å². The van der Waals surface area contributed by atoms with E-state index in [9.17, 15) is 14.0 Å². The lowest BCUT2D eigenvalue weighted by Gasteiger charge is -2.22. The van der Waals surface area contributed by atoms with Crippen LogP contribution in [-0.4, -0.2) is 59.5 Å². The summed E-state index contributed by atoms with van der Waals surface area (Å²) in [6.45, 7) is 3.39. The van der Waals surface area contributed by atoms with Gasteiger partial charge in [0.2, 0.25) is 0 Å². The molecule has 0 aromatic heterocycles. The van der Waals surface area contributed by atoms with E-state index in [1.54, 1.807) is 17.0 Å². The second kappa shape index (κ2) is 7.89. The molecular weight excluding hydrogens is 287 g/mol. The minimum absolute atomic E-state index is 0.113. The van der Waals surface area contributed by atoms with Gasteiger partial charge in [0.15, 0.2) is 0 Å². The molecule has 120 valence electrons. The summed E-state index contributed by atoms with van der Waals surface area (Å²) in [5.41, 5.74) is 0.113. The summed E-state index contributed by atoms with van der Waals surface area (Å²) in [6, 6.07) is 6.03. The molecule has 1 fully saturated rings. The Bertz CT molecular complexity index is 536. The van der Waals surface area contributed by atoms with Gasteiger partial charge in [-0.15, -0.1) is 0 Å². The summed E-state index contributed by atoms with van der Waals surface area (Å²) >= 11 is 0. The summed E-state index contributed by atoms with van der Waals surface area (Å²) in [7, 11) is 0. The lowest BCUT2D eigenvalue weighted by Crippen LogP contribution is -2.35. The van der Waals surface area contributed by atoms with Crippen LogP contribution in [0.25, 0.3) is 0 Å². The zero-order chi connectivity index (χ0) is 15.9. The number of carboxylic acid groups (broad SMARTS) is 1. The van der Waals surface area contributed by atoms with Crippen LogP contribution in [0.4, 0.5) is 4.39 Å². The number of aliphatic carboxylic acids is 1. The number of carboxylic acids is 1. The number of amides is 1. The summed E-state index contributed by atoms with van der Waals surface area (Å²) in [6.07, 6.45) is 1.58. The molecule has 0 bridgehead atoms. The van der Waals surface area contributed by atoms with Crippen molar-refractivity contribution < 1.29 is 19.1 Å². The summed E-state index contributed by atoms with van der Waals surface area (Å²) in [5, 5.41) is 8.66. The van der Waals surface area contributed by atoms with Crippen molar-refractivity contribution in [3.63, 3.8) is 0 Å². The molecule has 1 amide bonds. The van der Waals surface area contributed by atoms with Crippen LogP contribution in [0, 0.1) is 5.82 Å². The Morgan fingerprint density at radius 3 is 2.64 bits per heavy atom. The van der Waals surface area contributed by atoms with E-state index < -0.39 is 11.8 Å². The SMILES string of the molecule is O=C(O)CCCN1CCCN(C(=O)c2ccccc2F)CC1. The number of carbonyl (C=O) groups is 2. The predicted octanol–water partition coefficient (Wildman–Crippen LogP) is 1.84. The van der Waals surface area contributed by atoms with E-state index in [1.807, 2.05) is 0 Å². The molecule has 22 heavy (non-hydrogen) atoms. The van der Waals surface area contributed by atoms with E-state index in [1.165, 1.54) is 12.1 Å². The molecule has 0 atom stereocenters. The molecule has 0 saturated carbocycles. The second-order valence-corrected chi connectivity index (χ2v) is 5.46. The Kier molecular flexibility index (Phi) is 5.89. The van der Waals surface area contributed by atoms with Crippen molar-refractivity contribution in [1.29, 1.82) is 0 Å². The average Bonchev–Trinajstić information content (AvgIpc) is 2.72. The number of hydrogen-bond donors (Lipinski definition) is 1. The van der Waals surface area contributed by atoms with Gasteiger partial charge in [0.05, 0.1) is 5.56 Å². The molecule has 1 aliphatic heterocycles. The van der Waals surface area contributed by atoms with Crippen LogP contribution in [0.2, 0.25) is 0 Å². The Labute approximate surface area is 129 Å². The number of carbonyl (C=O) groups excluding carboxylic acids is 1. The molecule has 1 aliphatic rings. The largest absolute Gasteiger partial charge is 0.481 e. The molecule has 1 aromatic rings. The second-order valence-electron chi connectivity index (χ2n) is 5.46. The molecule has 0 unspecified atom stereocenters. The van der Waals surface area contributed by atoms with Crippen molar-refractivity contribution in [3.05, 3.63) is 35.6 Å². The molecule has 5 nitrogen and oxygen atoms in total. The number of nitrogens with zero attached hydrogens (tertiary/aromatic N) is 2. The van der Waals surface area contributed by atoms with Crippen LogP contribution in [0.1, 0.15) is 29.6 Å². The molecule has 1 aromatic carbocycles. The smallest absolute Gasteiger partial charge is 0.303 e. The van der Waals surface area contributed by atoms with Gasteiger partial charge >= 0.3 is 5.97 Å². The maximum atomic E-state index is 13.7. The Hall–Kier alpha value is -1.95. The van der Waals surface area contributed by atoms with Crippen LogP contribution in [0.15, 0.2) is 24.3 Å². The lowest BCUT2D eigenvalue weighted by molar-refractivity contribution is -0.137. The first-order valence-electron chi connectivity index (χ1n) is 7.56. The first-order chi connectivity index (χ1) is 10.6. The van der Waals surface area contributed by atoms with E-state index in [0.717, 1.165) is 13.0 Å². The highest BCUT2D eigenvalue weighted by Crippen LogP contribution is 2.13. The highest BCUT2D eigenvalue weighted by atomic mass is 19.1. The molecule has 2 rings (SSSR count). The molecule has 1 saturated heterocycles. The average molecular weight is 308 g/mol. The first-order valence-corrected chi connectivity index (χ1v) is 7.56. The van der Waals surface area contributed by atoms with E-state index in [2.05, 4.69) is 4.90 Å². The number of rotatable bonds is 5. The van der Waals surface area contributed by atoms with Crippen LogP contribution in [-0.2, 0) is 4.79 Å². The van der Waals surface area contributed by atoms with Crippen molar-refractivity contribution in [1.82, 2.24) is 9.80 Å². The van der Waals surface area contributed by atoms with Crippen molar-refractivity contribution >= 4 is 11.9 Å². The maximum Gasteiger partial charge on any atom is 0.303 e. The first kappa shape index (κ1) is 16.4. The Balaban J connectivity index is 1.89. The predicted molar refractivity (Wildman–Crippen MR) is 80.2 cm³/mol. The van der Waals surface area contributed by atoms with E-state index >= 15 is 0 Å². The van der Waals surface area contributed by atoms with Gasteiger partial charge in [-0.2, -0.15) is 0 Å². The molecule has 0 radical (unpaired) electrons. The van der Waals surface area contributed by atoms with E-state index in [0.29, 0.717) is 32.6 Å². The lowest BCUT2D eigenvalue weighted by atomic mass is 10.2. The van der Waals surface area contributed by atoms with Gasteiger partial charge in [-0.1, -0.05) is 12.1 Å². The van der Waals surface area contributed by atoms with Gasteiger partial charge in [0.25, 0.3) is 5.91 Å². The summed E-state index contributed by atoms with van der Waals surface area (Å²) in [5.74, 6) is -1.55. The summed E-state index contributed by atoms with van der Waals surface area (Å²) < 4.78 is 13.7. The minimum Gasteiger partial charge on any atom is -0.481 e. The molecule has 1 N–H and O–H groups in total. The fraction of sp³-hybridized carbons (Fsp3) is 0.500. The van der Waals surface area contributed by atoms with Crippen LogP contribution in [0.3, 0.4) is 0 Å². The highest BCUT2D eigenvalue weighted by Gasteiger charge is 2.22. The Morgan fingerprint density at radius 2 is 1.91 bits per heavy atom. The third-order valence-corrected chi connectivity index (χ3v) is 3.84. The van der Waals surface area contributed by atoms with E-state index in [-0.39, 0.29) is 17.9 Å². The molecule has 6 heteroatoms. The van der Waals surface area contributed by atoms with Gasteiger partial charge < -0.3 is 14.9 Å². The maximum absolute atomic E-state index is 13.7. The third kappa shape index (κ3) is 4.53. The molecular formula is C16H21FN2O3. The van der Waals surface area contributed by atoms with Gasteiger partial charge in [-0.25, -0.2) is 4.39 Å².